The number of aliphatic imine (C=N–C) groups is 1. The molecule has 0 bridgehead atoms. The molecule has 0 amide bonds. The van der Waals surface area contributed by atoms with E-state index in [1.54, 1.807) is 0 Å². The molecule has 7 heteroatoms. The van der Waals surface area contributed by atoms with Crippen molar-refractivity contribution in [3.63, 3.8) is 0 Å². The van der Waals surface area contributed by atoms with Crippen LogP contribution in [0.2, 0.25) is 0 Å². The summed E-state index contributed by atoms with van der Waals surface area (Å²) < 4.78 is 18.9. The summed E-state index contributed by atoms with van der Waals surface area (Å²) in [5, 5.41) is 6.92. The van der Waals surface area contributed by atoms with Gasteiger partial charge in [-0.25, -0.2) is 4.39 Å². The van der Waals surface area contributed by atoms with Crippen LogP contribution in [0.25, 0.3) is 0 Å². The van der Waals surface area contributed by atoms with Crippen LogP contribution in [0.1, 0.15) is 37.8 Å². The number of nitrogens with zero attached hydrogens (tertiary/aromatic N) is 3. The van der Waals surface area contributed by atoms with Gasteiger partial charge in [0.05, 0.1) is 19.3 Å². The van der Waals surface area contributed by atoms with Gasteiger partial charge in [0.2, 0.25) is 0 Å². The SMILES string of the molecule is CN=C(NCCCN1CCCC(C)C1)NCC(c1ccc(F)cc1)N1CCOCC1. The Morgan fingerprint density at radius 2 is 1.97 bits per heavy atom. The van der Waals surface area contributed by atoms with Gasteiger partial charge in [-0.3, -0.25) is 9.89 Å². The molecule has 168 valence electrons. The number of rotatable bonds is 8. The molecule has 3 rings (SSSR count). The first kappa shape index (κ1) is 23.0. The number of guanidine groups is 1. The van der Waals surface area contributed by atoms with Gasteiger partial charge < -0.3 is 20.3 Å². The first-order valence-corrected chi connectivity index (χ1v) is 11.4. The molecule has 0 aromatic heterocycles. The summed E-state index contributed by atoms with van der Waals surface area (Å²) in [5.74, 6) is 1.44. The van der Waals surface area contributed by atoms with Gasteiger partial charge in [-0.15, -0.1) is 0 Å². The van der Waals surface area contributed by atoms with Gasteiger partial charge >= 0.3 is 0 Å². The van der Waals surface area contributed by atoms with Gasteiger partial charge in [0.25, 0.3) is 0 Å². The largest absolute Gasteiger partial charge is 0.379 e. The lowest BCUT2D eigenvalue weighted by Crippen LogP contribution is -2.46. The van der Waals surface area contributed by atoms with E-state index in [2.05, 4.69) is 32.3 Å². The van der Waals surface area contributed by atoms with Gasteiger partial charge in [-0.2, -0.15) is 0 Å². The maximum Gasteiger partial charge on any atom is 0.191 e. The minimum atomic E-state index is -0.201. The van der Waals surface area contributed by atoms with Crippen LogP contribution >= 0.6 is 0 Å². The van der Waals surface area contributed by atoms with Crippen molar-refractivity contribution in [3.8, 4) is 0 Å². The molecule has 6 nitrogen and oxygen atoms in total. The van der Waals surface area contributed by atoms with Crippen LogP contribution in [0.4, 0.5) is 4.39 Å². The van der Waals surface area contributed by atoms with Crippen molar-refractivity contribution >= 4 is 5.96 Å². The second-order valence-corrected chi connectivity index (χ2v) is 8.50. The summed E-state index contributed by atoms with van der Waals surface area (Å²) in [6.07, 6.45) is 3.80. The highest BCUT2D eigenvalue weighted by Gasteiger charge is 2.23. The Kier molecular flexibility index (Phi) is 9.36. The van der Waals surface area contributed by atoms with E-state index in [1.165, 1.54) is 38.1 Å². The first-order chi connectivity index (χ1) is 14.7. The van der Waals surface area contributed by atoms with Crippen molar-refractivity contribution in [1.82, 2.24) is 20.4 Å². The monoisotopic (exact) mass is 419 g/mol. The molecule has 2 aliphatic heterocycles. The van der Waals surface area contributed by atoms with E-state index >= 15 is 0 Å². The fourth-order valence-corrected chi connectivity index (χ4v) is 4.45. The number of hydrogen-bond donors (Lipinski definition) is 2. The van der Waals surface area contributed by atoms with E-state index in [4.69, 9.17) is 4.74 Å². The topological polar surface area (TPSA) is 52.1 Å². The van der Waals surface area contributed by atoms with E-state index in [-0.39, 0.29) is 11.9 Å². The van der Waals surface area contributed by atoms with Gasteiger partial charge in [-0.1, -0.05) is 19.1 Å². The van der Waals surface area contributed by atoms with Crippen molar-refractivity contribution < 1.29 is 9.13 Å². The first-order valence-electron chi connectivity index (χ1n) is 11.4. The van der Waals surface area contributed by atoms with Crippen molar-refractivity contribution in [3.05, 3.63) is 35.6 Å². The Labute approximate surface area is 180 Å². The number of benzene rings is 1. The molecule has 0 aliphatic carbocycles. The zero-order valence-corrected chi connectivity index (χ0v) is 18.6. The summed E-state index contributed by atoms with van der Waals surface area (Å²) in [4.78, 5) is 9.36. The van der Waals surface area contributed by atoms with Crippen LogP contribution in [0.5, 0.6) is 0 Å². The lowest BCUT2D eigenvalue weighted by atomic mass is 10.0. The van der Waals surface area contributed by atoms with E-state index < -0.39 is 0 Å². The van der Waals surface area contributed by atoms with Gasteiger partial charge in [0.1, 0.15) is 5.82 Å². The second-order valence-electron chi connectivity index (χ2n) is 8.50. The van der Waals surface area contributed by atoms with E-state index in [0.717, 1.165) is 69.8 Å². The number of morpholine rings is 1. The molecule has 1 aromatic carbocycles. The molecule has 2 aliphatic rings. The molecular weight excluding hydrogens is 381 g/mol. The number of halogens is 1. The van der Waals surface area contributed by atoms with Crippen molar-refractivity contribution in [2.45, 2.75) is 32.2 Å². The number of likely N-dealkylation sites (tertiary alicyclic amines) is 1. The van der Waals surface area contributed by atoms with Crippen molar-refractivity contribution in [2.75, 3.05) is 66.1 Å². The maximum absolute atomic E-state index is 13.4. The average molecular weight is 420 g/mol. The van der Waals surface area contributed by atoms with Crippen LogP contribution in [0.15, 0.2) is 29.3 Å². The van der Waals surface area contributed by atoms with Crippen LogP contribution in [-0.2, 0) is 4.74 Å². The predicted octanol–water partition coefficient (Wildman–Crippen LogP) is 2.49. The summed E-state index contributed by atoms with van der Waals surface area (Å²) in [6, 6.07) is 7.00. The Morgan fingerprint density at radius 1 is 1.20 bits per heavy atom. The number of ether oxygens (including phenoxy) is 1. The molecule has 2 unspecified atom stereocenters. The van der Waals surface area contributed by atoms with Crippen LogP contribution in [0, 0.1) is 11.7 Å². The van der Waals surface area contributed by atoms with Crippen LogP contribution < -0.4 is 10.6 Å². The molecule has 2 heterocycles. The van der Waals surface area contributed by atoms with Crippen molar-refractivity contribution in [1.29, 1.82) is 0 Å². The van der Waals surface area contributed by atoms with Gasteiger partial charge in [-0.05, 0) is 56.0 Å². The highest BCUT2D eigenvalue weighted by molar-refractivity contribution is 5.79. The Morgan fingerprint density at radius 3 is 2.67 bits per heavy atom. The van der Waals surface area contributed by atoms with E-state index in [9.17, 15) is 4.39 Å². The van der Waals surface area contributed by atoms with Crippen LogP contribution in [0.3, 0.4) is 0 Å². The number of piperidine rings is 1. The predicted molar refractivity (Wildman–Crippen MR) is 120 cm³/mol. The van der Waals surface area contributed by atoms with E-state index in [1.807, 2.05) is 19.2 Å². The molecule has 30 heavy (non-hydrogen) atoms. The minimum Gasteiger partial charge on any atom is -0.379 e. The smallest absolute Gasteiger partial charge is 0.191 e. The van der Waals surface area contributed by atoms with Gasteiger partial charge in [0, 0.05) is 39.8 Å². The maximum atomic E-state index is 13.4. The van der Waals surface area contributed by atoms with Crippen LogP contribution in [-0.4, -0.2) is 81.8 Å². The Balaban J connectivity index is 1.47. The second kappa shape index (κ2) is 12.2. The summed E-state index contributed by atoms with van der Waals surface area (Å²) >= 11 is 0. The quantitative estimate of drug-likeness (QED) is 0.385. The minimum absolute atomic E-state index is 0.155. The number of nitrogens with one attached hydrogen (secondary N) is 2. The van der Waals surface area contributed by atoms with E-state index in [0.29, 0.717) is 0 Å². The third kappa shape index (κ3) is 7.22. The standard InChI is InChI=1S/C23H38FN5O/c1-19-5-3-11-28(18-19)12-4-10-26-23(25-2)27-17-22(29-13-15-30-16-14-29)20-6-8-21(24)9-7-20/h6-9,19,22H,3-5,10-18H2,1-2H3,(H2,25,26,27). The lowest BCUT2D eigenvalue weighted by molar-refractivity contribution is 0.0170. The van der Waals surface area contributed by atoms with Gasteiger partial charge in [0.15, 0.2) is 5.96 Å². The Hall–Kier alpha value is -1.70. The molecule has 2 saturated heterocycles. The molecule has 0 saturated carbocycles. The molecule has 2 atom stereocenters. The normalized spacial score (nSPS) is 22.6. The molecule has 1 aromatic rings. The fourth-order valence-electron chi connectivity index (χ4n) is 4.45. The highest BCUT2D eigenvalue weighted by atomic mass is 19.1. The zero-order valence-electron chi connectivity index (χ0n) is 18.6. The third-order valence-electron chi connectivity index (χ3n) is 6.11. The molecule has 2 fully saturated rings. The molecule has 0 radical (unpaired) electrons. The highest BCUT2D eigenvalue weighted by Crippen LogP contribution is 2.21. The average Bonchev–Trinajstić information content (AvgIpc) is 2.77. The third-order valence-corrected chi connectivity index (χ3v) is 6.11. The summed E-state index contributed by atoms with van der Waals surface area (Å²) in [6.45, 7) is 10.8. The fraction of sp³-hybridized carbons (Fsp3) is 0.696. The summed E-state index contributed by atoms with van der Waals surface area (Å²) in [7, 11) is 1.81. The molecule has 2 N–H and O–H groups in total. The Bertz CT molecular complexity index is 647. The van der Waals surface area contributed by atoms with Crippen molar-refractivity contribution in [2.24, 2.45) is 10.9 Å². The molecular formula is C23H38FN5O. The number of hydrogen-bond acceptors (Lipinski definition) is 4. The zero-order chi connectivity index (χ0) is 21.2. The molecule has 0 spiro atoms. The lowest BCUT2D eigenvalue weighted by Gasteiger charge is -2.35. The summed E-state index contributed by atoms with van der Waals surface area (Å²) in [5.41, 5.74) is 1.11.